The van der Waals surface area contributed by atoms with Crippen LogP contribution < -0.4 is 10.2 Å². The van der Waals surface area contributed by atoms with E-state index >= 15 is 0 Å². The zero-order valence-corrected chi connectivity index (χ0v) is 16.2. The highest BCUT2D eigenvalue weighted by molar-refractivity contribution is 6.00. The number of carbonyl (C=O) groups excluding carboxylic acids is 2. The van der Waals surface area contributed by atoms with Gasteiger partial charge in [0.15, 0.2) is 0 Å². The predicted molar refractivity (Wildman–Crippen MR) is 105 cm³/mol. The fraction of sp³-hybridized carbons (Fsp3) is 0.400. The maximum atomic E-state index is 12.4. The van der Waals surface area contributed by atoms with E-state index in [9.17, 15) is 9.59 Å². The van der Waals surface area contributed by atoms with Crippen molar-refractivity contribution in [2.75, 3.05) is 24.3 Å². The molecule has 2 aromatic rings. The van der Waals surface area contributed by atoms with Crippen LogP contribution in [0.5, 0.6) is 0 Å². The summed E-state index contributed by atoms with van der Waals surface area (Å²) in [6, 6.07) is 7.31. The van der Waals surface area contributed by atoms with E-state index in [4.69, 9.17) is 0 Å². The molecule has 142 valence electrons. The standard InChI is InChI=1S/C20H25N5O2/c1-5-16(6-2)25-17(26)11-14-12-21-20(23-18(14)25)22-15-9-7-13(8-10-15)19(27)24(3)4/h7-10,12,16H,5-6,11H2,1-4H3,(H,21,22,23). The minimum absolute atomic E-state index is 0.0466. The lowest BCUT2D eigenvalue weighted by Crippen LogP contribution is -2.37. The third kappa shape index (κ3) is 3.77. The number of nitrogens with one attached hydrogen (secondary N) is 1. The van der Waals surface area contributed by atoms with Crippen molar-refractivity contribution < 1.29 is 9.59 Å². The van der Waals surface area contributed by atoms with E-state index in [2.05, 4.69) is 29.1 Å². The van der Waals surface area contributed by atoms with E-state index in [0.29, 0.717) is 23.8 Å². The van der Waals surface area contributed by atoms with Gasteiger partial charge in [-0.1, -0.05) is 13.8 Å². The Hall–Kier alpha value is -2.96. The van der Waals surface area contributed by atoms with Crippen LogP contribution in [-0.4, -0.2) is 46.8 Å². The summed E-state index contributed by atoms with van der Waals surface area (Å²) in [4.78, 5) is 36.7. The number of amides is 2. The highest BCUT2D eigenvalue weighted by Gasteiger charge is 2.33. The third-order valence-corrected chi connectivity index (χ3v) is 4.78. The first-order chi connectivity index (χ1) is 12.9. The van der Waals surface area contributed by atoms with Crippen molar-refractivity contribution in [2.45, 2.75) is 39.2 Å². The van der Waals surface area contributed by atoms with Gasteiger partial charge in [-0.25, -0.2) is 4.98 Å². The van der Waals surface area contributed by atoms with Gasteiger partial charge in [-0.2, -0.15) is 4.98 Å². The second-order valence-electron chi connectivity index (χ2n) is 6.86. The summed E-state index contributed by atoms with van der Waals surface area (Å²) in [5.74, 6) is 1.17. The Morgan fingerprint density at radius 3 is 2.48 bits per heavy atom. The number of carbonyl (C=O) groups is 2. The second-order valence-corrected chi connectivity index (χ2v) is 6.86. The van der Waals surface area contributed by atoms with Gasteiger partial charge in [0.25, 0.3) is 5.91 Å². The van der Waals surface area contributed by atoms with Gasteiger partial charge >= 0.3 is 0 Å². The number of aromatic nitrogens is 2. The number of hydrogen-bond acceptors (Lipinski definition) is 5. The fourth-order valence-electron chi connectivity index (χ4n) is 3.27. The summed E-state index contributed by atoms with van der Waals surface area (Å²) in [7, 11) is 3.44. The van der Waals surface area contributed by atoms with Gasteiger partial charge in [-0.05, 0) is 37.1 Å². The minimum Gasteiger partial charge on any atom is -0.345 e. The van der Waals surface area contributed by atoms with Crippen LogP contribution >= 0.6 is 0 Å². The maximum Gasteiger partial charge on any atom is 0.253 e. The average molecular weight is 367 g/mol. The Labute approximate surface area is 159 Å². The molecule has 1 aliphatic rings. The molecule has 1 N–H and O–H groups in total. The normalized spacial score (nSPS) is 13.1. The monoisotopic (exact) mass is 367 g/mol. The average Bonchev–Trinajstić information content (AvgIpc) is 2.98. The number of benzene rings is 1. The van der Waals surface area contributed by atoms with Gasteiger partial charge < -0.3 is 10.2 Å². The van der Waals surface area contributed by atoms with Crippen LogP contribution in [0.15, 0.2) is 30.5 Å². The molecule has 0 saturated heterocycles. The lowest BCUT2D eigenvalue weighted by atomic mass is 10.1. The molecular weight excluding hydrogens is 342 g/mol. The topological polar surface area (TPSA) is 78.4 Å². The van der Waals surface area contributed by atoms with Gasteiger partial charge in [-0.15, -0.1) is 0 Å². The summed E-state index contributed by atoms with van der Waals surface area (Å²) in [6.45, 7) is 4.16. The van der Waals surface area contributed by atoms with Gasteiger partial charge in [0.05, 0.1) is 6.42 Å². The molecule has 0 unspecified atom stereocenters. The molecule has 0 radical (unpaired) electrons. The van der Waals surface area contributed by atoms with Gasteiger partial charge in [-0.3, -0.25) is 14.5 Å². The molecule has 1 aromatic carbocycles. The SMILES string of the molecule is CCC(CC)N1C(=O)Cc2cnc(Nc3ccc(C(=O)N(C)C)cc3)nc21. The Morgan fingerprint density at radius 1 is 1.22 bits per heavy atom. The number of nitrogens with zero attached hydrogens (tertiary/aromatic N) is 4. The molecule has 0 saturated carbocycles. The molecule has 1 aliphatic heterocycles. The van der Waals surface area contributed by atoms with Crippen LogP contribution in [0.4, 0.5) is 17.5 Å². The van der Waals surface area contributed by atoms with Crippen LogP contribution in [0, 0.1) is 0 Å². The van der Waals surface area contributed by atoms with Crippen molar-refractivity contribution in [2.24, 2.45) is 0 Å². The van der Waals surface area contributed by atoms with Gasteiger partial charge in [0, 0.05) is 43.1 Å². The van der Waals surface area contributed by atoms with E-state index < -0.39 is 0 Å². The largest absolute Gasteiger partial charge is 0.345 e. The molecule has 2 heterocycles. The van der Waals surface area contributed by atoms with E-state index in [1.807, 2.05) is 12.1 Å². The number of anilines is 3. The highest BCUT2D eigenvalue weighted by Crippen LogP contribution is 2.31. The van der Waals surface area contributed by atoms with Crippen molar-refractivity contribution in [3.05, 3.63) is 41.6 Å². The molecule has 0 spiro atoms. The Morgan fingerprint density at radius 2 is 1.89 bits per heavy atom. The Balaban J connectivity index is 1.82. The third-order valence-electron chi connectivity index (χ3n) is 4.78. The predicted octanol–water partition coefficient (Wildman–Crippen LogP) is 3.00. The fourth-order valence-corrected chi connectivity index (χ4v) is 3.27. The number of hydrogen-bond donors (Lipinski definition) is 1. The zero-order chi connectivity index (χ0) is 19.6. The van der Waals surface area contributed by atoms with E-state index in [1.165, 1.54) is 4.90 Å². The van der Waals surface area contributed by atoms with Crippen LogP contribution in [0.2, 0.25) is 0 Å². The Kier molecular flexibility index (Phi) is 5.39. The van der Waals surface area contributed by atoms with Crippen molar-refractivity contribution in [3.63, 3.8) is 0 Å². The highest BCUT2D eigenvalue weighted by atomic mass is 16.2. The van der Waals surface area contributed by atoms with Crippen molar-refractivity contribution >= 4 is 29.3 Å². The first-order valence-electron chi connectivity index (χ1n) is 9.21. The molecule has 7 heteroatoms. The summed E-state index contributed by atoms with van der Waals surface area (Å²) in [5, 5.41) is 3.15. The lowest BCUT2D eigenvalue weighted by molar-refractivity contribution is -0.117. The van der Waals surface area contributed by atoms with Crippen LogP contribution in [0.1, 0.15) is 42.6 Å². The first kappa shape index (κ1) is 18.8. The van der Waals surface area contributed by atoms with Gasteiger partial charge in [0.2, 0.25) is 11.9 Å². The Bertz CT molecular complexity index is 844. The second kappa shape index (κ2) is 7.73. The van der Waals surface area contributed by atoms with Crippen molar-refractivity contribution in [1.82, 2.24) is 14.9 Å². The van der Waals surface area contributed by atoms with E-state index in [0.717, 1.165) is 24.1 Å². The van der Waals surface area contributed by atoms with E-state index in [-0.39, 0.29) is 17.9 Å². The summed E-state index contributed by atoms with van der Waals surface area (Å²) >= 11 is 0. The molecule has 2 amide bonds. The minimum atomic E-state index is -0.0466. The molecular formula is C20H25N5O2. The summed E-state index contributed by atoms with van der Waals surface area (Å²) in [6.07, 6.45) is 3.84. The first-order valence-corrected chi connectivity index (χ1v) is 9.21. The van der Waals surface area contributed by atoms with Crippen LogP contribution in [-0.2, 0) is 11.2 Å². The summed E-state index contributed by atoms with van der Waals surface area (Å²) in [5.41, 5.74) is 2.26. The van der Waals surface area contributed by atoms with Crippen molar-refractivity contribution in [1.29, 1.82) is 0 Å². The number of fused-ring (bicyclic) bond motifs is 1. The molecule has 3 rings (SSSR count). The number of rotatable bonds is 6. The van der Waals surface area contributed by atoms with E-state index in [1.54, 1.807) is 37.3 Å². The quantitative estimate of drug-likeness (QED) is 0.849. The zero-order valence-electron chi connectivity index (χ0n) is 16.2. The van der Waals surface area contributed by atoms with Crippen LogP contribution in [0.25, 0.3) is 0 Å². The molecule has 0 atom stereocenters. The summed E-state index contributed by atoms with van der Waals surface area (Å²) < 4.78 is 0. The lowest BCUT2D eigenvalue weighted by Gasteiger charge is -2.25. The van der Waals surface area contributed by atoms with Crippen molar-refractivity contribution in [3.8, 4) is 0 Å². The molecule has 0 fully saturated rings. The smallest absolute Gasteiger partial charge is 0.253 e. The van der Waals surface area contributed by atoms with Crippen LogP contribution in [0.3, 0.4) is 0 Å². The molecule has 27 heavy (non-hydrogen) atoms. The van der Waals surface area contributed by atoms with Gasteiger partial charge in [0.1, 0.15) is 5.82 Å². The molecule has 0 aliphatic carbocycles. The molecule has 7 nitrogen and oxygen atoms in total. The molecule has 0 bridgehead atoms. The maximum absolute atomic E-state index is 12.4. The molecule has 1 aromatic heterocycles.